The van der Waals surface area contributed by atoms with Crippen molar-refractivity contribution >= 4 is 5.82 Å². The molecule has 0 saturated carbocycles. The summed E-state index contributed by atoms with van der Waals surface area (Å²) in [5, 5.41) is 4.16. The molecule has 0 aliphatic rings. The second kappa shape index (κ2) is 7.08. The van der Waals surface area contributed by atoms with Crippen molar-refractivity contribution in [3.63, 3.8) is 0 Å². The van der Waals surface area contributed by atoms with E-state index < -0.39 is 12.3 Å². The van der Waals surface area contributed by atoms with E-state index in [9.17, 15) is 13.2 Å². The number of ether oxygens (including phenoxy) is 2. The maximum atomic E-state index is 12.8. The molecule has 0 aromatic carbocycles. The fourth-order valence-electron chi connectivity index (χ4n) is 2.05. The molecule has 0 saturated heterocycles. The minimum absolute atomic E-state index is 0.116. The number of rotatable bonds is 6. The van der Waals surface area contributed by atoms with Gasteiger partial charge in [0.2, 0.25) is 0 Å². The Hall–Kier alpha value is -2.29. The van der Waals surface area contributed by atoms with E-state index in [1.54, 1.807) is 10.9 Å². The number of aromatic nitrogens is 3. The Kier molecular flexibility index (Phi) is 5.33. The smallest absolute Gasteiger partial charge is 0.425 e. The fourth-order valence-corrected chi connectivity index (χ4v) is 2.05. The van der Waals surface area contributed by atoms with E-state index in [2.05, 4.69) is 10.1 Å². The van der Waals surface area contributed by atoms with Crippen LogP contribution in [0.2, 0.25) is 0 Å². The van der Waals surface area contributed by atoms with Gasteiger partial charge in [-0.05, 0) is 26.8 Å². The average Bonchev–Trinajstić information content (AvgIpc) is 2.98. The lowest BCUT2D eigenvalue weighted by atomic mass is 10.1. The first-order valence-corrected chi connectivity index (χ1v) is 7.38. The van der Waals surface area contributed by atoms with Gasteiger partial charge in [0, 0.05) is 30.1 Å². The minimum Gasteiger partial charge on any atom is -0.477 e. The highest BCUT2D eigenvalue weighted by Gasteiger charge is 2.39. The molecule has 2 N–H and O–H groups in total. The van der Waals surface area contributed by atoms with E-state index in [-0.39, 0.29) is 17.8 Å². The number of nitrogens with zero attached hydrogens (tertiary/aromatic N) is 3. The molecule has 0 aliphatic carbocycles. The second-order valence-corrected chi connectivity index (χ2v) is 5.14. The van der Waals surface area contributed by atoms with Crippen molar-refractivity contribution < 1.29 is 22.6 Å². The lowest BCUT2D eigenvalue weighted by molar-refractivity contribution is -0.189. The van der Waals surface area contributed by atoms with Gasteiger partial charge >= 0.3 is 6.18 Å². The van der Waals surface area contributed by atoms with Crippen molar-refractivity contribution in [1.82, 2.24) is 14.8 Å². The molecule has 132 valence electrons. The highest BCUT2D eigenvalue weighted by atomic mass is 19.4. The van der Waals surface area contributed by atoms with Crippen molar-refractivity contribution in [2.24, 2.45) is 0 Å². The number of pyridine rings is 1. The molecule has 24 heavy (non-hydrogen) atoms. The van der Waals surface area contributed by atoms with Gasteiger partial charge in [-0.25, -0.2) is 9.67 Å². The van der Waals surface area contributed by atoms with Crippen LogP contribution in [0.5, 0.6) is 5.75 Å². The van der Waals surface area contributed by atoms with Crippen LogP contribution in [-0.4, -0.2) is 33.7 Å². The Morgan fingerprint density at radius 1 is 1.33 bits per heavy atom. The maximum absolute atomic E-state index is 12.8. The van der Waals surface area contributed by atoms with Crippen LogP contribution in [0, 0.1) is 0 Å². The average molecular weight is 344 g/mol. The molecule has 2 aromatic rings. The zero-order chi connectivity index (χ0) is 17.9. The molecule has 2 rings (SSSR count). The third kappa shape index (κ3) is 3.97. The Morgan fingerprint density at radius 3 is 2.67 bits per heavy atom. The second-order valence-electron chi connectivity index (χ2n) is 5.14. The Balaban J connectivity index is 2.36. The summed E-state index contributed by atoms with van der Waals surface area (Å²) in [5.74, 6) is -0.236. The van der Waals surface area contributed by atoms with Gasteiger partial charge in [0.05, 0.1) is 6.20 Å². The first kappa shape index (κ1) is 18.1. The normalized spacial score (nSPS) is 14.4. The maximum Gasteiger partial charge on any atom is 0.425 e. The van der Waals surface area contributed by atoms with Crippen LogP contribution >= 0.6 is 0 Å². The number of nitrogens with two attached hydrogens (primary N) is 1. The van der Waals surface area contributed by atoms with E-state index in [0.29, 0.717) is 17.7 Å². The molecule has 0 fully saturated rings. The van der Waals surface area contributed by atoms with E-state index in [1.165, 1.54) is 18.5 Å². The third-order valence-corrected chi connectivity index (χ3v) is 3.38. The monoisotopic (exact) mass is 344 g/mol. The van der Waals surface area contributed by atoms with E-state index in [1.807, 2.05) is 13.8 Å². The number of hydrogen-bond acceptors (Lipinski definition) is 5. The van der Waals surface area contributed by atoms with Crippen LogP contribution in [0.3, 0.4) is 0 Å². The molecular weight excluding hydrogens is 325 g/mol. The zero-order valence-electron chi connectivity index (χ0n) is 13.5. The molecular formula is C15H19F3N4O2. The first-order chi connectivity index (χ1) is 11.2. The summed E-state index contributed by atoms with van der Waals surface area (Å²) in [6, 6.07) is 1.53. The van der Waals surface area contributed by atoms with Crippen molar-refractivity contribution in [1.29, 1.82) is 0 Å². The van der Waals surface area contributed by atoms with Gasteiger partial charge in [0.1, 0.15) is 6.23 Å². The molecule has 0 aliphatic heterocycles. The predicted molar refractivity (Wildman–Crippen MR) is 82.4 cm³/mol. The topological polar surface area (TPSA) is 75.2 Å². The Bertz CT molecular complexity index is 688. The molecule has 0 amide bonds. The summed E-state index contributed by atoms with van der Waals surface area (Å²) in [4.78, 5) is 3.81. The van der Waals surface area contributed by atoms with Crippen molar-refractivity contribution in [2.45, 2.75) is 39.3 Å². The molecule has 6 nitrogen and oxygen atoms in total. The quantitative estimate of drug-likeness (QED) is 0.869. The number of anilines is 1. The number of nitrogen functional groups attached to an aromatic ring is 1. The van der Waals surface area contributed by atoms with Crippen molar-refractivity contribution in [3.05, 3.63) is 24.7 Å². The number of alkyl halides is 3. The van der Waals surface area contributed by atoms with E-state index in [0.717, 1.165) is 6.92 Å². The largest absolute Gasteiger partial charge is 0.477 e. The zero-order valence-corrected chi connectivity index (χ0v) is 13.5. The Labute approximate surface area is 137 Å². The molecule has 2 heterocycles. The highest BCUT2D eigenvalue weighted by molar-refractivity contribution is 5.74. The van der Waals surface area contributed by atoms with Gasteiger partial charge in [-0.2, -0.15) is 18.3 Å². The summed E-state index contributed by atoms with van der Waals surface area (Å²) < 4.78 is 50.3. The van der Waals surface area contributed by atoms with Crippen LogP contribution in [0.4, 0.5) is 19.0 Å². The molecule has 2 atom stereocenters. The van der Waals surface area contributed by atoms with Gasteiger partial charge in [-0.3, -0.25) is 0 Å². The molecule has 2 aromatic heterocycles. The van der Waals surface area contributed by atoms with Gasteiger partial charge in [-0.15, -0.1) is 0 Å². The number of hydrogen-bond donors (Lipinski definition) is 1. The molecule has 0 spiro atoms. The number of halogens is 3. The van der Waals surface area contributed by atoms with Crippen LogP contribution in [0.25, 0.3) is 11.1 Å². The highest BCUT2D eigenvalue weighted by Crippen LogP contribution is 2.36. The minimum atomic E-state index is -4.51. The predicted octanol–water partition coefficient (Wildman–Crippen LogP) is 3.41. The molecule has 0 radical (unpaired) electrons. The van der Waals surface area contributed by atoms with Crippen LogP contribution in [0.15, 0.2) is 24.7 Å². The van der Waals surface area contributed by atoms with Gasteiger partial charge in [0.15, 0.2) is 17.7 Å². The van der Waals surface area contributed by atoms with Gasteiger partial charge in [0.25, 0.3) is 0 Å². The first-order valence-electron chi connectivity index (χ1n) is 7.38. The Morgan fingerprint density at radius 2 is 2.04 bits per heavy atom. The van der Waals surface area contributed by atoms with E-state index in [4.69, 9.17) is 15.2 Å². The summed E-state index contributed by atoms with van der Waals surface area (Å²) in [5.41, 5.74) is 6.65. The lowest BCUT2D eigenvalue weighted by Gasteiger charge is -2.20. The van der Waals surface area contributed by atoms with Crippen molar-refractivity contribution in [2.75, 3.05) is 12.3 Å². The van der Waals surface area contributed by atoms with Crippen LogP contribution < -0.4 is 10.5 Å². The molecule has 9 heteroatoms. The van der Waals surface area contributed by atoms with Crippen LogP contribution in [0.1, 0.15) is 27.0 Å². The molecule has 0 bridgehead atoms. The standard InChI is InChI=1S/C15H19F3N4O2/c1-4-23-10(3)22-8-11(7-21-22)12-5-6-20-14(19)13(12)24-9(2)15(16,17)18/h5-10H,4H2,1-3H3,(H2,19,20). The van der Waals surface area contributed by atoms with Gasteiger partial charge < -0.3 is 15.2 Å². The summed E-state index contributed by atoms with van der Waals surface area (Å²) in [6.07, 6.45) is -2.26. The summed E-state index contributed by atoms with van der Waals surface area (Å²) >= 11 is 0. The van der Waals surface area contributed by atoms with E-state index >= 15 is 0 Å². The van der Waals surface area contributed by atoms with Gasteiger partial charge in [-0.1, -0.05) is 0 Å². The van der Waals surface area contributed by atoms with Crippen LogP contribution in [-0.2, 0) is 4.74 Å². The third-order valence-electron chi connectivity index (χ3n) is 3.38. The summed E-state index contributed by atoms with van der Waals surface area (Å²) in [6.45, 7) is 5.09. The fraction of sp³-hybridized carbons (Fsp3) is 0.467. The SMILES string of the molecule is CCOC(C)n1cc(-c2ccnc(N)c2OC(C)C(F)(F)F)cn1. The van der Waals surface area contributed by atoms with Crippen molar-refractivity contribution in [3.8, 4) is 16.9 Å². The lowest BCUT2D eigenvalue weighted by Crippen LogP contribution is -2.31. The molecule has 2 unspecified atom stereocenters. The summed E-state index contributed by atoms with van der Waals surface area (Å²) in [7, 11) is 0.